The maximum Gasteiger partial charge on any atom is 0.254 e. The quantitative estimate of drug-likeness (QED) is 0.415. The Bertz CT molecular complexity index is 370. The van der Waals surface area contributed by atoms with Gasteiger partial charge in [-0.3, -0.25) is 4.79 Å². The molecule has 0 bridgehead atoms. The molecule has 0 saturated carbocycles. The van der Waals surface area contributed by atoms with Crippen LogP contribution in [-0.4, -0.2) is 19.1 Å². The number of halogens is 1. The second kappa shape index (κ2) is 10.4. The topological polar surface area (TPSA) is 38.3 Å². The fraction of sp³-hybridized carbons (Fsp3) is 0.533. The van der Waals surface area contributed by atoms with E-state index in [2.05, 4.69) is 5.32 Å². The van der Waals surface area contributed by atoms with Crippen molar-refractivity contribution in [3.05, 3.63) is 35.4 Å². The summed E-state index contributed by atoms with van der Waals surface area (Å²) in [5.41, 5.74) is 0.621. The summed E-state index contributed by atoms with van der Waals surface area (Å²) in [4.78, 5) is 12.0. The highest BCUT2D eigenvalue weighted by molar-refractivity contribution is 5.99. The summed E-state index contributed by atoms with van der Waals surface area (Å²) in [6, 6.07) is 0. The molecule has 0 atom stereocenters. The molecular weight excluding hydrogens is 245 g/mol. The van der Waals surface area contributed by atoms with Crippen LogP contribution in [0.2, 0.25) is 0 Å². The third-order valence-corrected chi connectivity index (χ3v) is 2.45. The first-order valence-corrected chi connectivity index (χ1v) is 6.73. The molecule has 0 spiro atoms. The molecule has 0 aliphatic rings. The van der Waals surface area contributed by atoms with Crippen LogP contribution < -0.4 is 5.32 Å². The Morgan fingerprint density at radius 1 is 1.32 bits per heavy atom. The molecule has 0 heterocycles. The van der Waals surface area contributed by atoms with E-state index in [0.29, 0.717) is 18.7 Å². The number of hydrogen-bond acceptors (Lipinski definition) is 2. The maximum atomic E-state index is 13.9. The highest BCUT2D eigenvalue weighted by Gasteiger charge is 2.17. The van der Waals surface area contributed by atoms with Crippen LogP contribution in [0.15, 0.2) is 35.4 Å². The van der Waals surface area contributed by atoms with Gasteiger partial charge in [-0.05, 0) is 38.3 Å². The molecule has 0 radical (unpaired) electrons. The molecule has 3 nitrogen and oxygen atoms in total. The summed E-state index contributed by atoms with van der Waals surface area (Å²) < 4.78 is 19.0. The van der Waals surface area contributed by atoms with Gasteiger partial charge in [-0.1, -0.05) is 19.9 Å². The number of nitrogens with one attached hydrogen (secondary N) is 1. The third-order valence-electron chi connectivity index (χ3n) is 2.45. The molecule has 0 aromatic rings. The van der Waals surface area contributed by atoms with Crippen LogP contribution in [0.25, 0.3) is 0 Å². The van der Waals surface area contributed by atoms with Crippen LogP contribution in [0.5, 0.6) is 0 Å². The van der Waals surface area contributed by atoms with Gasteiger partial charge in [-0.25, -0.2) is 4.39 Å². The molecular formula is C15H24FNO2. The Balaban J connectivity index is 5.19. The molecule has 4 heteroatoms. The zero-order chi connectivity index (χ0) is 14.7. The highest BCUT2D eigenvalue weighted by Crippen LogP contribution is 2.20. The molecule has 0 aliphatic heterocycles. The van der Waals surface area contributed by atoms with Gasteiger partial charge in [-0.15, -0.1) is 0 Å². The van der Waals surface area contributed by atoms with Crippen LogP contribution >= 0.6 is 0 Å². The van der Waals surface area contributed by atoms with Gasteiger partial charge in [0.05, 0.1) is 18.4 Å². The van der Waals surface area contributed by atoms with Crippen LogP contribution in [-0.2, 0) is 9.53 Å². The summed E-state index contributed by atoms with van der Waals surface area (Å²) >= 11 is 0. The van der Waals surface area contributed by atoms with Gasteiger partial charge in [-0.2, -0.15) is 0 Å². The summed E-state index contributed by atoms with van der Waals surface area (Å²) in [7, 11) is 0. The minimum Gasteiger partial charge on any atom is -0.501 e. The average Bonchev–Trinajstić information content (AvgIpc) is 2.43. The number of carbonyl (C=O) groups excluding carboxylic acids is 1. The molecule has 0 unspecified atom stereocenters. The summed E-state index contributed by atoms with van der Waals surface area (Å²) in [6.45, 7) is 8.32. The Hall–Kier alpha value is -1.58. The standard InChI is InChI=1S/C15H24FNO2/c1-5-10-17-15(18)14(13(16)7-3)12(6-2)9-11-19-8-4/h6,9,11H,5,7-8,10H2,1-4H3,(H,17,18)/b11-9+,12-6-,14-13-. The molecule has 0 aliphatic carbocycles. The Labute approximate surface area is 115 Å². The normalized spacial score (nSPS) is 13.4. The molecule has 108 valence electrons. The van der Waals surface area contributed by atoms with Crippen LogP contribution in [0, 0.1) is 0 Å². The van der Waals surface area contributed by atoms with Gasteiger partial charge >= 0.3 is 0 Å². The Kier molecular flexibility index (Phi) is 9.49. The van der Waals surface area contributed by atoms with Crippen molar-refractivity contribution in [2.24, 2.45) is 0 Å². The van der Waals surface area contributed by atoms with E-state index in [1.165, 1.54) is 6.26 Å². The van der Waals surface area contributed by atoms with E-state index in [1.54, 1.807) is 26.0 Å². The highest BCUT2D eigenvalue weighted by atomic mass is 19.1. The molecule has 0 aromatic carbocycles. The van der Waals surface area contributed by atoms with E-state index in [1.807, 2.05) is 13.8 Å². The van der Waals surface area contributed by atoms with Gasteiger partial charge in [0, 0.05) is 6.54 Å². The molecule has 1 amide bonds. The smallest absolute Gasteiger partial charge is 0.254 e. The third kappa shape index (κ3) is 6.22. The van der Waals surface area contributed by atoms with Crippen molar-refractivity contribution in [3.8, 4) is 0 Å². The first-order chi connectivity index (χ1) is 9.12. The predicted molar refractivity (Wildman–Crippen MR) is 76.2 cm³/mol. The minimum absolute atomic E-state index is 0.0920. The van der Waals surface area contributed by atoms with Crippen molar-refractivity contribution in [1.29, 1.82) is 0 Å². The summed E-state index contributed by atoms with van der Waals surface area (Å²) in [5.74, 6) is -0.793. The van der Waals surface area contributed by atoms with Crippen molar-refractivity contribution >= 4 is 5.91 Å². The SMILES string of the molecule is C/C=C(/C=C/OCC)C(\C(=O)NCCC)=C(\F)CC. The van der Waals surface area contributed by atoms with E-state index < -0.39 is 5.83 Å². The van der Waals surface area contributed by atoms with Crippen molar-refractivity contribution in [1.82, 2.24) is 5.32 Å². The second-order valence-electron chi connectivity index (χ2n) is 3.89. The van der Waals surface area contributed by atoms with E-state index in [4.69, 9.17) is 4.74 Å². The lowest BCUT2D eigenvalue weighted by atomic mass is 10.0. The fourth-order valence-corrected chi connectivity index (χ4v) is 1.46. The number of amides is 1. The van der Waals surface area contributed by atoms with Crippen molar-refractivity contribution in [2.45, 2.75) is 40.5 Å². The Morgan fingerprint density at radius 2 is 2.00 bits per heavy atom. The van der Waals surface area contributed by atoms with Gasteiger partial charge in [0.1, 0.15) is 5.83 Å². The van der Waals surface area contributed by atoms with Crippen LogP contribution in [0.1, 0.15) is 40.5 Å². The minimum atomic E-state index is -0.414. The van der Waals surface area contributed by atoms with Crippen LogP contribution in [0.4, 0.5) is 4.39 Å². The number of carbonyl (C=O) groups is 1. The zero-order valence-corrected chi connectivity index (χ0v) is 12.3. The Morgan fingerprint density at radius 3 is 2.47 bits per heavy atom. The van der Waals surface area contributed by atoms with Gasteiger partial charge in [0.15, 0.2) is 0 Å². The molecule has 0 saturated heterocycles. The largest absolute Gasteiger partial charge is 0.501 e. The number of hydrogen-bond donors (Lipinski definition) is 1. The van der Waals surface area contributed by atoms with Crippen molar-refractivity contribution in [3.63, 3.8) is 0 Å². The van der Waals surface area contributed by atoms with E-state index in [-0.39, 0.29) is 17.9 Å². The lowest BCUT2D eigenvalue weighted by Crippen LogP contribution is -2.27. The summed E-state index contributed by atoms with van der Waals surface area (Å²) in [5, 5.41) is 2.70. The molecule has 0 rings (SSSR count). The van der Waals surface area contributed by atoms with E-state index in [0.717, 1.165) is 6.42 Å². The molecule has 19 heavy (non-hydrogen) atoms. The fourth-order valence-electron chi connectivity index (χ4n) is 1.46. The predicted octanol–water partition coefficient (Wildman–Crippen LogP) is 3.64. The van der Waals surface area contributed by atoms with Crippen molar-refractivity contribution in [2.75, 3.05) is 13.2 Å². The average molecular weight is 269 g/mol. The first kappa shape index (κ1) is 17.4. The lowest BCUT2D eigenvalue weighted by molar-refractivity contribution is -0.117. The van der Waals surface area contributed by atoms with Crippen LogP contribution in [0.3, 0.4) is 0 Å². The van der Waals surface area contributed by atoms with Gasteiger partial charge in [0.2, 0.25) is 0 Å². The first-order valence-electron chi connectivity index (χ1n) is 6.73. The van der Waals surface area contributed by atoms with E-state index >= 15 is 0 Å². The van der Waals surface area contributed by atoms with Crippen molar-refractivity contribution < 1.29 is 13.9 Å². The zero-order valence-electron chi connectivity index (χ0n) is 12.3. The monoisotopic (exact) mass is 269 g/mol. The molecule has 0 aromatic heterocycles. The maximum absolute atomic E-state index is 13.9. The number of ether oxygens (including phenoxy) is 1. The molecule has 1 N–H and O–H groups in total. The number of allylic oxidation sites excluding steroid dienone is 3. The lowest BCUT2D eigenvalue weighted by Gasteiger charge is -2.10. The van der Waals surface area contributed by atoms with Gasteiger partial charge in [0.25, 0.3) is 5.91 Å². The molecule has 0 fully saturated rings. The number of rotatable bonds is 8. The summed E-state index contributed by atoms with van der Waals surface area (Å²) in [6.07, 6.45) is 5.79. The second-order valence-corrected chi connectivity index (χ2v) is 3.89. The van der Waals surface area contributed by atoms with Gasteiger partial charge < -0.3 is 10.1 Å². The van der Waals surface area contributed by atoms with E-state index in [9.17, 15) is 9.18 Å².